The first-order valence-corrected chi connectivity index (χ1v) is 19.1. The first-order chi connectivity index (χ1) is 22.6. The van der Waals surface area contributed by atoms with E-state index in [-0.39, 0.29) is 66.0 Å². The third-order valence-electron chi connectivity index (χ3n) is 13.9. The van der Waals surface area contributed by atoms with Crippen LogP contribution in [0.15, 0.2) is 24.3 Å². The normalized spacial score (nSPS) is 40.6. The molecular weight excluding hydrogens is 602 g/mol. The van der Waals surface area contributed by atoms with E-state index in [1.807, 2.05) is 0 Å². The Hall–Kier alpha value is -2.19. The minimum atomic E-state index is -0.852. The summed E-state index contributed by atoms with van der Waals surface area (Å²) in [7, 11) is 1.33. The lowest BCUT2D eigenvalue weighted by Crippen LogP contribution is -2.66. The van der Waals surface area contributed by atoms with Crippen LogP contribution < -0.4 is 10.6 Å². The molecule has 8 heteroatoms. The van der Waals surface area contributed by atoms with Gasteiger partial charge in [-0.15, -0.1) is 0 Å². The molecule has 5 rings (SSSR count). The second-order valence-electron chi connectivity index (χ2n) is 17.7. The minimum absolute atomic E-state index is 0.0839. The number of fused-ring (bicyclic) bond motifs is 2. The summed E-state index contributed by atoms with van der Waals surface area (Å²) >= 11 is 0. The third kappa shape index (κ3) is 7.17. The van der Waals surface area contributed by atoms with Crippen LogP contribution in [0.2, 0.25) is 0 Å². The van der Waals surface area contributed by atoms with E-state index in [2.05, 4.69) is 65.3 Å². The number of nitrogens with one attached hydrogen (secondary N) is 2. The number of piperidine rings is 1. The predicted molar refractivity (Wildman–Crippen MR) is 190 cm³/mol. The summed E-state index contributed by atoms with van der Waals surface area (Å²) in [5.41, 5.74) is 2.61. The molecule has 2 amide bonds. The molecule has 0 radical (unpaired) electrons. The van der Waals surface area contributed by atoms with Gasteiger partial charge in [0.05, 0.1) is 31.8 Å². The zero-order valence-electron chi connectivity index (χ0n) is 31.0. The molecule has 0 spiro atoms. The van der Waals surface area contributed by atoms with Crippen molar-refractivity contribution in [1.29, 1.82) is 0 Å². The second kappa shape index (κ2) is 14.6. The summed E-state index contributed by atoms with van der Waals surface area (Å²) < 4.78 is 5.10. The van der Waals surface area contributed by atoms with Crippen LogP contribution in [0.3, 0.4) is 0 Å². The largest absolute Gasteiger partial charge is 0.468 e. The lowest BCUT2D eigenvalue weighted by molar-refractivity contribution is -0.151. The number of ether oxygens (including phenoxy) is 1. The smallest absolute Gasteiger partial charge is 0.319 e. The molecule has 0 bridgehead atoms. The molecule has 1 saturated heterocycles. The van der Waals surface area contributed by atoms with Gasteiger partial charge in [-0.25, -0.2) is 0 Å². The van der Waals surface area contributed by atoms with Crippen molar-refractivity contribution in [1.82, 2.24) is 15.5 Å². The zero-order valence-corrected chi connectivity index (χ0v) is 31.0. The van der Waals surface area contributed by atoms with Gasteiger partial charge in [-0.05, 0) is 112 Å². The number of aliphatic hydroxyl groups excluding tert-OH is 1. The van der Waals surface area contributed by atoms with E-state index in [9.17, 15) is 19.5 Å². The van der Waals surface area contributed by atoms with Crippen molar-refractivity contribution in [2.45, 2.75) is 149 Å². The van der Waals surface area contributed by atoms with E-state index in [0.717, 1.165) is 64.2 Å². The number of hydrogen-bond acceptors (Lipinski definition) is 6. The van der Waals surface area contributed by atoms with Crippen LogP contribution in [0.5, 0.6) is 0 Å². The van der Waals surface area contributed by atoms with E-state index in [4.69, 9.17) is 4.74 Å². The number of hydrogen-bond donors (Lipinski definition) is 3. The number of amides is 2. The number of carbonyl (C=O) groups excluding carboxylic acids is 3. The Balaban J connectivity index is 1.44. The Bertz CT molecular complexity index is 1160. The molecule has 3 N–H and O–H groups in total. The topological polar surface area (TPSA) is 108 Å². The standard InChI is InChI=1S/C40H65N3O5/c1-23(2)28-14-18-39(7)16-10-12-25(5)33(39)35(28)41-37(46)30-20-27(44)21-31(43(30)22-32(45)48-9)38(47)42-36-29(24(3)4)15-19-40(8)17-11-13-26(6)34(36)40/h23-24,27-31,33-36,44H,5-6,10-22H2,1-4,7-9H3,(H,41,46)(H,42,47)/t27?,28-,29-,30-,31+,33+,34+,35-,36-,39+,40+/m0/s1. The maximum Gasteiger partial charge on any atom is 0.319 e. The van der Waals surface area contributed by atoms with E-state index >= 15 is 0 Å². The highest BCUT2D eigenvalue weighted by Crippen LogP contribution is 2.56. The molecule has 270 valence electrons. The highest BCUT2D eigenvalue weighted by Gasteiger charge is 2.53. The first kappa shape index (κ1) is 37.1. The van der Waals surface area contributed by atoms with Gasteiger partial charge in [-0.3, -0.25) is 19.3 Å². The molecule has 5 fully saturated rings. The molecule has 1 heterocycles. The Morgan fingerprint density at radius 2 is 1.23 bits per heavy atom. The quantitative estimate of drug-likeness (QED) is 0.211. The van der Waals surface area contributed by atoms with Crippen LogP contribution in [0.25, 0.3) is 0 Å². The number of esters is 1. The Labute approximate surface area is 290 Å². The second-order valence-corrected chi connectivity index (χ2v) is 17.7. The molecule has 4 aliphatic carbocycles. The number of likely N-dealkylation sites (tertiary alicyclic amines) is 1. The molecule has 1 unspecified atom stereocenters. The predicted octanol–water partition coefficient (Wildman–Crippen LogP) is 6.18. The number of aliphatic hydroxyl groups is 1. The van der Waals surface area contributed by atoms with E-state index in [0.29, 0.717) is 23.7 Å². The van der Waals surface area contributed by atoms with Gasteiger partial charge in [0.1, 0.15) is 0 Å². The van der Waals surface area contributed by atoms with Crippen molar-refractivity contribution < 1.29 is 24.2 Å². The molecular formula is C40H65N3O5. The fraction of sp³-hybridized carbons (Fsp3) is 0.825. The lowest BCUT2D eigenvalue weighted by Gasteiger charge is -2.55. The zero-order chi connectivity index (χ0) is 35.1. The van der Waals surface area contributed by atoms with Gasteiger partial charge in [-0.1, -0.05) is 65.8 Å². The van der Waals surface area contributed by atoms with Gasteiger partial charge in [0.15, 0.2) is 0 Å². The van der Waals surface area contributed by atoms with E-state index in [1.165, 1.54) is 18.3 Å². The molecule has 0 aromatic carbocycles. The fourth-order valence-corrected chi connectivity index (χ4v) is 11.3. The van der Waals surface area contributed by atoms with Crippen molar-refractivity contribution in [3.8, 4) is 0 Å². The molecule has 8 nitrogen and oxygen atoms in total. The highest BCUT2D eigenvalue weighted by atomic mass is 16.5. The van der Waals surface area contributed by atoms with Crippen LogP contribution in [0.4, 0.5) is 0 Å². The summed E-state index contributed by atoms with van der Waals surface area (Å²) in [6.07, 6.45) is 10.2. The van der Waals surface area contributed by atoms with Crippen LogP contribution in [-0.2, 0) is 19.1 Å². The number of rotatable bonds is 8. The van der Waals surface area contributed by atoms with Crippen molar-refractivity contribution in [2.75, 3.05) is 13.7 Å². The summed E-state index contributed by atoms with van der Waals surface area (Å²) in [4.78, 5) is 43.7. The SMILES string of the molecule is C=C1CCC[C@]2(C)CC[C@@H](C(C)C)[C@H](NC(=O)[C@H]3CC(O)C[C@@H](C(=O)N[C@@H]4[C@H]5C(=C)CCC[C@]5(C)CC[C@H]4C(C)C)N3CC(=O)OC)[C@@H]12. The van der Waals surface area contributed by atoms with Gasteiger partial charge in [0.2, 0.25) is 11.8 Å². The Morgan fingerprint density at radius 3 is 1.60 bits per heavy atom. The van der Waals surface area contributed by atoms with Crippen LogP contribution >= 0.6 is 0 Å². The average Bonchev–Trinajstić information content (AvgIpc) is 3.00. The molecule has 0 aromatic rings. The molecule has 0 aromatic heterocycles. The van der Waals surface area contributed by atoms with E-state index in [1.54, 1.807) is 4.90 Å². The molecule has 48 heavy (non-hydrogen) atoms. The molecule has 5 aliphatic rings. The molecule has 11 atom stereocenters. The van der Waals surface area contributed by atoms with Crippen LogP contribution in [-0.4, -0.2) is 71.7 Å². The molecule has 4 saturated carbocycles. The Kier molecular flexibility index (Phi) is 11.3. The Morgan fingerprint density at radius 1 is 0.812 bits per heavy atom. The first-order valence-electron chi connectivity index (χ1n) is 19.1. The number of carbonyl (C=O) groups is 3. The summed E-state index contributed by atoms with van der Waals surface area (Å²) in [5.74, 6) is 0.742. The van der Waals surface area contributed by atoms with Gasteiger partial charge >= 0.3 is 5.97 Å². The van der Waals surface area contributed by atoms with Gasteiger partial charge in [-0.2, -0.15) is 0 Å². The maximum absolute atomic E-state index is 14.5. The van der Waals surface area contributed by atoms with E-state index < -0.39 is 24.2 Å². The summed E-state index contributed by atoms with van der Waals surface area (Å²) in [5, 5.41) is 18.2. The van der Waals surface area contributed by atoms with Gasteiger partial charge in [0.25, 0.3) is 0 Å². The minimum Gasteiger partial charge on any atom is -0.468 e. The van der Waals surface area contributed by atoms with Gasteiger partial charge in [0, 0.05) is 23.9 Å². The maximum atomic E-state index is 14.5. The monoisotopic (exact) mass is 667 g/mol. The van der Waals surface area contributed by atoms with Crippen molar-refractivity contribution >= 4 is 17.8 Å². The van der Waals surface area contributed by atoms with Crippen LogP contribution in [0.1, 0.15) is 119 Å². The number of methoxy groups -OCH3 is 1. The summed E-state index contributed by atoms with van der Waals surface area (Å²) in [6, 6.07) is -1.86. The fourth-order valence-electron chi connectivity index (χ4n) is 11.3. The summed E-state index contributed by atoms with van der Waals surface area (Å²) in [6.45, 7) is 22.5. The van der Waals surface area contributed by atoms with Gasteiger partial charge < -0.3 is 20.5 Å². The average molecular weight is 668 g/mol. The third-order valence-corrected chi connectivity index (χ3v) is 13.9. The van der Waals surface area contributed by atoms with Crippen molar-refractivity contribution in [2.24, 2.45) is 46.3 Å². The lowest BCUT2D eigenvalue weighted by atomic mass is 9.53. The highest BCUT2D eigenvalue weighted by molar-refractivity contribution is 5.87. The molecule has 1 aliphatic heterocycles. The van der Waals surface area contributed by atoms with Crippen molar-refractivity contribution in [3.05, 3.63) is 24.3 Å². The van der Waals surface area contributed by atoms with Crippen LogP contribution in [0, 0.1) is 46.3 Å². The van der Waals surface area contributed by atoms with Crippen molar-refractivity contribution in [3.63, 3.8) is 0 Å². The number of nitrogens with zero attached hydrogens (tertiary/aromatic N) is 1.